The molecule has 3 rings (SSSR count). The summed E-state index contributed by atoms with van der Waals surface area (Å²) >= 11 is 0. The fraction of sp³-hybridized carbons (Fsp3) is 0.125. The van der Waals surface area contributed by atoms with Crippen molar-refractivity contribution in [2.24, 2.45) is 5.10 Å². The van der Waals surface area contributed by atoms with Crippen LogP contribution in [0.2, 0.25) is 0 Å². The summed E-state index contributed by atoms with van der Waals surface area (Å²) in [4.78, 5) is 37.0. The number of benzene rings is 3. The highest BCUT2D eigenvalue weighted by atomic mass is 16.6. The first kappa shape index (κ1) is 22.4. The average Bonchev–Trinajstić information content (AvgIpc) is 2.82. The third-order valence-corrected chi connectivity index (χ3v) is 4.69. The van der Waals surface area contributed by atoms with Crippen molar-refractivity contribution in [3.63, 3.8) is 0 Å². The van der Waals surface area contributed by atoms with Gasteiger partial charge in [0, 0.05) is 36.3 Å². The van der Waals surface area contributed by atoms with Crippen molar-refractivity contribution in [3.05, 3.63) is 101 Å². The molecule has 0 aliphatic rings. The Morgan fingerprint density at radius 1 is 0.875 bits per heavy atom. The van der Waals surface area contributed by atoms with Gasteiger partial charge >= 0.3 is 0 Å². The smallest absolute Gasteiger partial charge is 0.269 e. The molecule has 0 aliphatic carbocycles. The predicted octanol–water partition coefficient (Wildman–Crippen LogP) is 4.58. The van der Waals surface area contributed by atoms with Crippen molar-refractivity contribution in [1.82, 2.24) is 5.43 Å². The monoisotopic (exact) mass is 430 g/mol. The van der Waals surface area contributed by atoms with Crippen LogP contribution in [0.15, 0.2) is 90.0 Å². The van der Waals surface area contributed by atoms with Crippen LogP contribution in [0.4, 0.5) is 17.1 Å². The van der Waals surface area contributed by atoms with Crippen LogP contribution in [0.1, 0.15) is 25.3 Å². The van der Waals surface area contributed by atoms with Crippen LogP contribution in [0.3, 0.4) is 0 Å². The maximum atomic E-state index is 13.0. The Morgan fingerprint density at radius 3 is 1.91 bits per heavy atom. The molecule has 0 aliphatic heterocycles. The summed E-state index contributed by atoms with van der Waals surface area (Å²) in [6.07, 6.45) is -0.0340. The zero-order valence-corrected chi connectivity index (χ0v) is 17.5. The number of carbonyl (C=O) groups is 2. The van der Waals surface area contributed by atoms with Gasteiger partial charge < -0.3 is 0 Å². The first-order chi connectivity index (χ1) is 15.5. The highest BCUT2D eigenvalue weighted by molar-refractivity contribution is 6.02. The summed E-state index contributed by atoms with van der Waals surface area (Å²) in [5.41, 5.74) is 4.99. The third kappa shape index (κ3) is 5.85. The zero-order chi connectivity index (χ0) is 22.9. The standard InChI is InChI=1S/C24H22N4O4/c1-18(19-12-14-22(15-13-19)28(31)32)25-26-23(29)16-17-24(30)27(20-8-4-2-5-9-20)21-10-6-3-7-11-21/h2-15H,16-17H2,1H3,(H,26,29)/b25-18-. The lowest BCUT2D eigenvalue weighted by Crippen LogP contribution is -2.28. The van der Waals surface area contributed by atoms with Crippen molar-refractivity contribution in [2.75, 3.05) is 4.90 Å². The van der Waals surface area contributed by atoms with Crippen LogP contribution in [-0.2, 0) is 9.59 Å². The van der Waals surface area contributed by atoms with E-state index in [0.717, 1.165) is 11.4 Å². The normalized spacial score (nSPS) is 11.0. The van der Waals surface area contributed by atoms with Crippen molar-refractivity contribution >= 4 is 34.6 Å². The number of hydrogen-bond donors (Lipinski definition) is 1. The molecule has 2 amide bonds. The molecule has 0 fully saturated rings. The van der Waals surface area contributed by atoms with E-state index < -0.39 is 10.8 Å². The number of nitrogens with zero attached hydrogens (tertiary/aromatic N) is 3. The lowest BCUT2D eigenvalue weighted by atomic mass is 10.1. The average molecular weight is 430 g/mol. The highest BCUT2D eigenvalue weighted by Crippen LogP contribution is 2.26. The van der Waals surface area contributed by atoms with E-state index in [1.807, 2.05) is 60.7 Å². The van der Waals surface area contributed by atoms with Crippen LogP contribution in [0.5, 0.6) is 0 Å². The Kier molecular flexibility index (Phi) is 7.42. The van der Waals surface area contributed by atoms with Crippen LogP contribution in [-0.4, -0.2) is 22.4 Å². The summed E-state index contributed by atoms with van der Waals surface area (Å²) < 4.78 is 0. The quantitative estimate of drug-likeness (QED) is 0.321. The molecule has 0 spiro atoms. The van der Waals surface area contributed by atoms with Gasteiger partial charge in [-0.05, 0) is 48.9 Å². The molecular weight excluding hydrogens is 408 g/mol. The molecule has 8 nitrogen and oxygen atoms in total. The molecule has 3 aromatic carbocycles. The second-order valence-electron chi connectivity index (χ2n) is 6.94. The number of nitro benzene ring substituents is 1. The van der Waals surface area contributed by atoms with E-state index in [4.69, 9.17) is 0 Å². The summed E-state index contributed by atoms with van der Waals surface area (Å²) in [5.74, 6) is -0.616. The summed E-state index contributed by atoms with van der Waals surface area (Å²) in [7, 11) is 0. The second-order valence-corrected chi connectivity index (χ2v) is 6.94. The molecule has 0 unspecified atom stereocenters. The first-order valence-electron chi connectivity index (χ1n) is 9.96. The molecule has 0 bridgehead atoms. The van der Waals surface area contributed by atoms with E-state index in [0.29, 0.717) is 11.3 Å². The van der Waals surface area contributed by atoms with Gasteiger partial charge in [0.1, 0.15) is 0 Å². The Balaban J connectivity index is 1.62. The van der Waals surface area contributed by atoms with Crippen molar-refractivity contribution in [2.45, 2.75) is 19.8 Å². The minimum atomic E-state index is -0.483. The number of nitrogens with one attached hydrogen (secondary N) is 1. The molecule has 0 heterocycles. The van der Waals surface area contributed by atoms with E-state index in [1.165, 1.54) is 12.1 Å². The first-order valence-corrected chi connectivity index (χ1v) is 9.96. The maximum Gasteiger partial charge on any atom is 0.269 e. The lowest BCUT2D eigenvalue weighted by Gasteiger charge is -2.23. The number of hydrazone groups is 1. The molecule has 0 radical (unpaired) electrons. The number of para-hydroxylation sites is 2. The summed E-state index contributed by atoms with van der Waals surface area (Å²) in [6.45, 7) is 1.68. The molecule has 8 heteroatoms. The van der Waals surface area contributed by atoms with Crippen LogP contribution in [0, 0.1) is 10.1 Å². The fourth-order valence-electron chi connectivity index (χ4n) is 3.01. The lowest BCUT2D eigenvalue weighted by molar-refractivity contribution is -0.384. The van der Waals surface area contributed by atoms with Gasteiger partial charge in [-0.3, -0.25) is 24.6 Å². The highest BCUT2D eigenvalue weighted by Gasteiger charge is 2.18. The van der Waals surface area contributed by atoms with Gasteiger partial charge in [0.25, 0.3) is 5.69 Å². The second kappa shape index (κ2) is 10.6. The largest absolute Gasteiger partial charge is 0.281 e. The molecule has 0 atom stereocenters. The molecule has 0 saturated heterocycles. The third-order valence-electron chi connectivity index (χ3n) is 4.69. The molecule has 0 aromatic heterocycles. The topological polar surface area (TPSA) is 105 Å². The number of rotatable bonds is 8. The van der Waals surface area contributed by atoms with E-state index in [9.17, 15) is 19.7 Å². The zero-order valence-electron chi connectivity index (χ0n) is 17.5. The molecule has 0 saturated carbocycles. The Labute approximate surface area is 185 Å². The Bertz CT molecular complexity index is 1070. The number of amides is 2. The van der Waals surface area contributed by atoms with Gasteiger partial charge in [-0.25, -0.2) is 5.43 Å². The van der Waals surface area contributed by atoms with E-state index in [2.05, 4.69) is 10.5 Å². The molecule has 162 valence electrons. The Morgan fingerprint density at radius 2 is 1.41 bits per heavy atom. The van der Waals surface area contributed by atoms with E-state index in [1.54, 1.807) is 24.0 Å². The number of carbonyl (C=O) groups excluding carboxylic acids is 2. The van der Waals surface area contributed by atoms with Crippen molar-refractivity contribution < 1.29 is 14.5 Å². The van der Waals surface area contributed by atoms with Gasteiger partial charge in [-0.15, -0.1) is 0 Å². The van der Waals surface area contributed by atoms with Crippen molar-refractivity contribution in [1.29, 1.82) is 0 Å². The SMILES string of the molecule is C/C(=N/NC(=O)CCC(=O)N(c1ccccc1)c1ccccc1)c1ccc([N+](=O)[O-])cc1. The number of nitro groups is 1. The van der Waals surface area contributed by atoms with Gasteiger partial charge in [0.15, 0.2) is 0 Å². The van der Waals surface area contributed by atoms with Gasteiger partial charge in [-0.1, -0.05) is 36.4 Å². The predicted molar refractivity (Wildman–Crippen MR) is 123 cm³/mol. The van der Waals surface area contributed by atoms with Crippen LogP contribution < -0.4 is 10.3 Å². The van der Waals surface area contributed by atoms with Crippen molar-refractivity contribution in [3.8, 4) is 0 Å². The Hall–Kier alpha value is -4.33. The minimum absolute atomic E-state index is 0.00171. The minimum Gasteiger partial charge on any atom is -0.281 e. The number of anilines is 2. The maximum absolute atomic E-state index is 13.0. The van der Waals surface area contributed by atoms with Crippen LogP contribution >= 0.6 is 0 Å². The summed E-state index contributed by atoms with van der Waals surface area (Å²) in [6, 6.07) is 24.3. The van der Waals surface area contributed by atoms with Crippen LogP contribution in [0.25, 0.3) is 0 Å². The fourth-order valence-corrected chi connectivity index (χ4v) is 3.01. The van der Waals surface area contributed by atoms with E-state index >= 15 is 0 Å². The molecular formula is C24H22N4O4. The summed E-state index contributed by atoms with van der Waals surface area (Å²) in [5, 5.41) is 14.8. The van der Waals surface area contributed by atoms with Gasteiger partial charge in [0.2, 0.25) is 11.8 Å². The molecule has 32 heavy (non-hydrogen) atoms. The van der Waals surface area contributed by atoms with Gasteiger partial charge in [0.05, 0.1) is 10.6 Å². The molecule has 1 N–H and O–H groups in total. The number of non-ortho nitro benzene ring substituents is 1. The number of hydrogen-bond acceptors (Lipinski definition) is 5. The van der Waals surface area contributed by atoms with E-state index in [-0.39, 0.29) is 24.4 Å². The van der Waals surface area contributed by atoms with Gasteiger partial charge in [-0.2, -0.15) is 5.10 Å². The molecule has 3 aromatic rings.